The molecule has 0 saturated heterocycles. The van der Waals surface area contributed by atoms with Crippen LogP contribution in [0, 0.1) is 0 Å². The fourth-order valence-corrected chi connectivity index (χ4v) is 3.70. The molecule has 0 radical (unpaired) electrons. The van der Waals surface area contributed by atoms with Crippen molar-refractivity contribution in [3.63, 3.8) is 0 Å². The van der Waals surface area contributed by atoms with Crippen LogP contribution in [0.1, 0.15) is 38.3 Å². The Balaban J connectivity index is 2.09. The van der Waals surface area contributed by atoms with Crippen molar-refractivity contribution < 1.29 is 19.0 Å². The number of carbonyl (C=O) groups excluding carboxylic acids is 1. The van der Waals surface area contributed by atoms with Gasteiger partial charge in [-0.2, -0.15) is 0 Å². The molecule has 0 spiro atoms. The van der Waals surface area contributed by atoms with Gasteiger partial charge in [0.05, 0.1) is 32.4 Å². The molecule has 7 heteroatoms. The minimum atomic E-state index is -0.433. The molecule has 1 heterocycles. The molecule has 140 valence electrons. The molecule has 1 atom stereocenters. The van der Waals surface area contributed by atoms with Gasteiger partial charge in [0.1, 0.15) is 11.5 Å². The first-order valence-corrected chi connectivity index (χ1v) is 9.12. The molecule has 26 heavy (non-hydrogen) atoms. The Morgan fingerprint density at radius 2 is 2.04 bits per heavy atom. The van der Waals surface area contributed by atoms with E-state index >= 15 is 0 Å². The zero-order valence-electron chi connectivity index (χ0n) is 15.5. The number of carbonyl (C=O) groups is 1. The lowest BCUT2D eigenvalue weighted by molar-refractivity contribution is -0.139. The summed E-state index contributed by atoms with van der Waals surface area (Å²) in [4.78, 5) is 14.8. The smallest absolute Gasteiger partial charge is 0.338 e. The Morgan fingerprint density at radius 3 is 2.62 bits per heavy atom. The summed E-state index contributed by atoms with van der Waals surface area (Å²) in [5.74, 6) is 0.967. The molecule has 1 aromatic rings. The van der Waals surface area contributed by atoms with Crippen LogP contribution < -0.4 is 14.8 Å². The van der Waals surface area contributed by atoms with Crippen LogP contribution in [0.4, 0.5) is 0 Å². The molecule has 1 aliphatic heterocycles. The summed E-state index contributed by atoms with van der Waals surface area (Å²) in [5.41, 5.74) is 2.22. The predicted molar refractivity (Wildman–Crippen MR) is 102 cm³/mol. The number of allylic oxidation sites excluding steroid dienone is 1. The second-order valence-electron chi connectivity index (χ2n) is 6.31. The molecule has 2 aliphatic rings. The Bertz CT molecular complexity index is 758. The van der Waals surface area contributed by atoms with Crippen molar-refractivity contribution >= 4 is 23.3 Å². The van der Waals surface area contributed by atoms with Crippen LogP contribution in [0.2, 0.25) is 0 Å². The van der Waals surface area contributed by atoms with E-state index in [1.807, 2.05) is 24.0 Å². The summed E-state index contributed by atoms with van der Waals surface area (Å²) in [5, 5.41) is 3.94. The van der Waals surface area contributed by atoms with E-state index in [0.29, 0.717) is 34.8 Å². The van der Waals surface area contributed by atoms with Gasteiger partial charge < -0.3 is 24.4 Å². The molecule has 0 amide bonds. The number of methoxy groups -OCH3 is 2. The third-order valence-electron chi connectivity index (χ3n) is 4.69. The van der Waals surface area contributed by atoms with Gasteiger partial charge in [-0.3, -0.25) is 0 Å². The molecule has 0 bridgehead atoms. The highest BCUT2D eigenvalue weighted by atomic mass is 32.1. The monoisotopic (exact) mass is 376 g/mol. The van der Waals surface area contributed by atoms with Gasteiger partial charge in [0.15, 0.2) is 5.11 Å². The molecule has 6 nitrogen and oxygen atoms in total. The largest absolute Gasteiger partial charge is 0.497 e. The van der Waals surface area contributed by atoms with Crippen LogP contribution in [0.25, 0.3) is 0 Å². The number of hydrogen-bond acceptors (Lipinski definition) is 5. The van der Waals surface area contributed by atoms with Crippen LogP contribution in [0.15, 0.2) is 29.5 Å². The van der Waals surface area contributed by atoms with Gasteiger partial charge in [-0.05, 0) is 51.0 Å². The summed E-state index contributed by atoms with van der Waals surface area (Å²) in [6.45, 7) is 4.05. The highest BCUT2D eigenvalue weighted by Crippen LogP contribution is 2.40. The van der Waals surface area contributed by atoms with Crippen molar-refractivity contribution in [2.75, 3.05) is 20.8 Å². The maximum Gasteiger partial charge on any atom is 0.338 e. The van der Waals surface area contributed by atoms with Crippen molar-refractivity contribution in [1.29, 1.82) is 0 Å². The van der Waals surface area contributed by atoms with Gasteiger partial charge in [0.2, 0.25) is 0 Å². The van der Waals surface area contributed by atoms with Gasteiger partial charge in [-0.1, -0.05) is 0 Å². The normalized spacial score (nSPS) is 19.9. The lowest BCUT2D eigenvalue weighted by Crippen LogP contribution is -2.48. The molecule has 1 N–H and O–H groups in total. The van der Waals surface area contributed by atoms with E-state index in [9.17, 15) is 4.79 Å². The van der Waals surface area contributed by atoms with E-state index in [1.165, 1.54) is 0 Å². The lowest BCUT2D eigenvalue weighted by Gasteiger charge is -2.38. The minimum Gasteiger partial charge on any atom is -0.497 e. The van der Waals surface area contributed by atoms with Gasteiger partial charge in [0.25, 0.3) is 0 Å². The summed E-state index contributed by atoms with van der Waals surface area (Å²) in [6, 6.07) is 5.45. The number of thiocarbonyl (C=S) groups is 1. The van der Waals surface area contributed by atoms with Gasteiger partial charge >= 0.3 is 5.97 Å². The van der Waals surface area contributed by atoms with Crippen LogP contribution in [0.5, 0.6) is 11.5 Å². The van der Waals surface area contributed by atoms with Crippen LogP contribution in [-0.2, 0) is 9.53 Å². The highest BCUT2D eigenvalue weighted by Gasteiger charge is 2.41. The van der Waals surface area contributed by atoms with E-state index in [0.717, 1.165) is 24.1 Å². The molecule has 0 aromatic heterocycles. The molecule has 3 rings (SSSR count). The first-order valence-electron chi connectivity index (χ1n) is 8.71. The highest BCUT2D eigenvalue weighted by molar-refractivity contribution is 7.80. The number of benzene rings is 1. The minimum absolute atomic E-state index is 0.315. The standard InChI is InChI=1S/C19H24N2O4S/c1-5-25-18(22)16-11(2)21(12-6-7-12)19(26)20-17(16)14-9-8-13(23-3)10-15(14)24-4/h8-10,12,17H,5-7H2,1-4H3,(H,20,26). The van der Waals surface area contributed by atoms with E-state index < -0.39 is 6.04 Å². The Hall–Kier alpha value is -2.28. The van der Waals surface area contributed by atoms with E-state index in [4.69, 9.17) is 26.4 Å². The molecule has 1 unspecified atom stereocenters. The van der Waals surface area contributed by atoms with Crippen molar-refractivity contribution in [1.82, 2.24) is 10.2 Å². The van der Waals surface area contributed by atoms with Crippen molar-refractivity contribution in [2.24, 2.45) is 0 Å². The Kier molecular flexibility index (Phi) is 5.36. The summed E-state index contributed by atoms with van der Waals surface area (Å²) in [6.07, 6.45) is 2.15. The predicted octanol–water partition coefficient (Wildman–Crippen LogP) is 2.93. The fraction of sp³-hybridized carbons (Fsp3) is 0.474. The molecule has 1 fully saturated rings. The number of hydrogen-bond donors (Lipinski definition) is 1. The van der Waals surface area contributed by atoms with E-state index in [-0.39, 0.29) is 5.97 Å². The summed E-state index contributed by atoms with van der Waals surface area (Å²) in [7, 11) is 3.20. The van der Waals surface area contributed by atoms with Gasteiger partial charge in [-0.25, -0.2) is 4.79 Å². The second kappa shape index (κ2) is 7.53. The zero-order chi connectivity index (χ0) is 18.8. The first kappa shape index (κ1) is 18.5. The van der Waals surface area contributed by atoms with Crippen LogP contribution >= 0.6 is 12.2 Å². The van der Waals surface area contributed by atoms with Crippen LogP contribution in [0.3, 0.4) is 0 Å². The quantitative estimate of drug-likeness (QED) is 0.605. The number of nitrogens with one attached hydrogen (secondary N) is 1. The average Bonchev–Trinajstić information content (AvgIpc) is 3.45. The first-order chi connectivity index (χ1) is 12.5. The Morgan fingerprint density at radius 1 is 1.31 bits per heavy atom. The third kappa shape index (κ3) is 3.35. The summed E-state index contributed by atoms with van der Waals surface area (Å²) < 4.78 is 16.1. The van der Waals surface area contributed by atoms with Gasteiger partial charge in [-0.15, -0.1) is 0 Å². The number of esters is 1. The maximum atomic E-state index is 12.8. The zero-order valence-corrected chi connectivity index (χ0v) is 16.3. The van der Waals surface area contributed by atoms with Crippen molar-refractivity contribution in [2.45, 2.75) is 38.8 Å². The van der Waals surface area contributed by atoms with Gasteiger partial charge in [0, 0.05) is 23.4 Å². The number of ether oxygens (including phenoxy) is 3. The maximum absolute atomic E-state index is 12.8. The molecule has 1 aromatic carbocycles. The molecular formula is C19H24N2O4S. The molecule has 1 aliphatic carbocycles. The average molecular weight is 376 g/mol. The Labute approximate surface area is 159 Å². The van der Waals surface area contributed by atoms with E-state index in [1.54, 1.807) is 27.2 Å². The third-order valence-corrected chi connectivity index (χ3v) is 5.00. The topological polar surface area (TPSA) is 60.0 Å². The van der Waals surface area contributed by atoms with Crippen molar-refractivity contribution in [3.8, 4) is 11.5 Å². The lowest BCUT2D eigenvalue weighted by atomic mass is 9.94. The number of nitrogens with zero attached hydrogens (tertiary/aromatic N) is 1. The number of rotatable bonds is 6. The molecule has 1 saturated carbocycles. The summed E-state index contributed by atoms with van der Waals surface area (Å²) >= 11 is 5.59. The fourth-order valence-electron chi connectivity index (χ4n) is 3.29. The van der Waals surface area contributed by atoms with Crippen LogP contribution in [-0.4, -0.2) is 42.8 Å². The SMILES string of the molecule is CCOC(=O)C1=C(C)N(C2CC2)C(=S)NC1c1ccc(OC)cc1OC. The van der Waals surface area contributed by atoms with E-state index in [2.05, 4.69) is 5.32 Å². The second-order valence-corrected chi connectivity index (χ2v) is 6.70. The van der Waals surface area contributed by atoms with Crippen molar-refractivity contribution in [3.05, 3.63) is 35.0 Å². The molecular weight excluding hydrogens is 352 g/mol.